The summed E-state index contributed by atoms with van der Waals surface area (Å²) in [6.07, 6.45) is 5.72. The molecule has 7 rings (SSSR count). The van der Waals surface area contributed by atoms with Gasteiger partial charge in [-0.2, -0.15) is 13.4 Å². The zero-order chi connectivity index (χ0) is 39.4. The number of anilines is 1. The summed E-state index contributed by atoms with van der Waals surface area (Å²) in [7, 11) is -1.45. The highest BCUT2D eigenvalue weighted by Crippen LogP contribution is 2.36. The SMILES string of the molecule is COc1cc(C(=O)NS(=O)(=O)c2nn(C)/c(=N\C(C)=O)s2)ccc1Cc1cn(C(c2ccccc2)c2ccccc2)c2ccc(NC(=O)OC3CCCC3)cc12. The van der Waals surface area contributed by atoms with Crippen molar-refractivity contribution in [1.82, 2.24) is 19.1 Å². The molecule has 2 heterocycles. The van der Waals surface area contributed by atoms with Crippen LogP contribution in [0, 0.1) is 0 Å². The monoisotopic (exact) mass is 792 g/mol. The van der Waals surface area contributed by atoms with Crippen molar-refractivity contribution in [3.8, 4) is 5.75 Å². The summed E-state index contributed by atoms with van der Waals surface area (Å²) in [6, 6.07) is 30.8. The van der Waals surface area contributed by atoms with Gasteiger partial charge in [0.1, 0.15) is 11.9 Å². The molecule has 0 aliphatic heterocycles. The van der Waals surface area contributed by atoms with Crippen LogP contribution in [0.2, 0.25) is 0 Å². The number of benzene rings is 4. The number of aromatic nitrogens is 3. The third-order valence-electron chi connectivity index (χ3n) is 9.57. The third kappa shape index (κ3) is 8.43. The number of nitrogens with one attached hydrogen (secondary N) is 2. The molecule has 56 heavy (non-hydrogen) atoms. The number of fused-ring (bicyclic) bond motifs is 1. The standard InChI is InChI=1S/C41H40N6O7S2/c1-26(48)42-39-46(2)44-41(55-39)56(51,52)45-38(49)30-19-18-29(36(23-30)53-3)22-31-25-47(37(27-12-6-4-7-13-27)28-14-8-5-9-15-28)35-21-20-32(24-34(31)35)43-40(50)54-33-16-10-11-17-33/h4-9,12-15,18-21,23-25,33,37H,10-11,16-17,22H2,1-3H3,(H,43,50)(H,45,49)/b42-39+. The molecule has 0 atom stereocenters. The molecule has 15 heteroatoms. The number of rotatable bonds is 11. The molecule has 0 spiro atoms. The molecular formula is C41H40N6O7S2. The van der Waals surface area contributed by atoms with Gasteiger partial charge in [0.15, 0.2) is 0 Å². The second-order valence-electron chi connectivity index (χ2n) is 13.5. The van der Waals surface area contributed by atoms with Crippen LogP contribution in [0.1, 0.15) is 71.3 Å². The molecular weight excluding hydrogens is 753 g/mol. The molecule has 3 amide bonds. The molecule has 4 aromatic carbocycles. The number of sulfonamides is 1. The molecule has 1 saturated carbocycles. The number of ether oxygens (including phenoxy) is 2. The Morgan fingerprint density at radius 1 is 0.929 bits per heavy atom. The summed E-state index contributed by atoms with van der Waals surface area (Å²) >= 11 is 0.661. The van der Waals surface area contributed by atoms with Gasteiger partial charge in [-0.1, -0.05) is 78.1 Å². The second-order valence-corrected chi connectivity index (χ2v) is 16.3. The van der Waals surface area contributed by atoms with Gasteiger partial charge in [-0.3, -0.25) is 14.9 Å². The molecule has 6 aromatic rings. The fourth-order valence-electron chi connectivity index (χ4n) is 6.98. The van der Waals surface area contributed by atoms with Gasteiger partial charge in [0.2, 0.25) is 10.7 Å². The molecule has 13 nitrogen and oxygen atoms in total. The van der Waals surface area contributed by atoms with E-state index in [2.05, 4.69) is 55.2 Å². The summed E-state index contributed by atoms with van der Waals surface area (Å²) in [5.74, 6) is -1.03. The minimum Gasteiger partial charge on any atom is -0.496 e. The Morgan fingerprint density at radius 2 is 1.61 bits per heavy atom. The number of amides is 3. The average molecular weight is 793 g/mol. The quantitative estimate of drug-likeness (QED) is 0.146. The van der Waals surface area contributed by atoms with Gasteiger partial charge in [-0.05, 0) is 78.3 Å². The first-order valence-corrected chi connectivity index (χ1v) is 20.3. The van der Waals surface area contributed by atoms with Crippen LogP contribution in [-0.2, 0) is 33.0 Å². The maximum absolute atomic E-state index is 13.3. The number of nitrogens with zero attached hydrogens (tertiary/aromatic N) is 4. The van der Waals surface area contributed by atoms with Crippen LogP contribution in [0.25, 0.3) is 10.9 Å². The Kier molecular flexibility index (Phi) is 11.2. The van der Waals surface area contributed by atoms with Gasteiger partial charge in [-0.15, -0.1) is 5.10 Å². The van der Waals surface area contributed by atoms with Gasteiger partial charge < -0.3 is 14.0 Å². The Labute approximate surface area is 327 Å². The summed E-state index contributed by atoms with van der Waals surface area (Å²) < 4.78 is 42.7. The van der Waals surface area contributed by atoms with Crippen LogP contribution in [0.5, 0.6) is 5.75 Å². The van der Waals surface area contributed by atoms with Gasteiger partial charge in [0, 0.05) is 48.7 Å². The highest BCUT2D eigenvalue weighted by atomic mass is 32.2. The summed E-state index contributed by atoms with van der Waals surface area (Å²) in [5.41, 5.74) is 5.40. The van der Waals surface area contributed by atoms with E-state index in [4.69, 9.17) is 9.47 Å². The van der Waals surface area contributed by atoms with E-state index in [1.807, 2.05) is 54.6 Å². The molecule has 2 aromatic heterocycles. The molecule has 288 valence electrons. The molecule has 1 aliphatic rings. The maximum atomic E-state index is 13.3. The normalized spacial score (nSPS) is 13.6. The van der Waals surface area contributed by atoms with Crippen molar-refractivity contribution in [3.05, 3.63) is 136 Å². The summed E-state index contributed by atoms with van der Waals surface area (Å²) in [6.45, 7) is 1.24. The van der Waals surface area contributed by atoms with Crippen molar-refractivity contribution in [2.75, 3.05) is 12.4 Å². The first kappa shape index (κ1) is 38.2. The van der Waals surface area contributed by atoms with Crippen LogP contribution >= 0.6 is 11.3 Å². The van der Waals surface area contributed by atoms with Crippen molar-refractivity contribution in [3.63, 3.8) is 0 Å². The van der Waals surface area contributed by atoms with Crippen LogP contribution < -0.4 is 19.6 Å². The average Bonchev–Trinajstić information content (AvgIpc) is 3.92. The number of hydrogen-bond acceptors (Lipinski definition) is 9. The van der Waals surface area contributed by atoms with E-state index in [1.165, 1.54) is 33.2 Å². The molecule has 0 bridgehead atoms. The zero-order valence-corrected chi connectivity index (χ0v) is 32.6. The minimum absolute atomic E-state index is 0.0478. The van der Waals surface area contributed by atoms with Gasteiger partial charge in [0.05, 0.1) is 13.2 Å². The maximum Gasteiger partial charge on any atom is 0.411 e. The van der Waals surface area contributed by atoms with Gasteiger partial charge in [0.25, 0.3) is 20.3 Å². The highest BCUT2D eigenvalue weighted by molar-refractivity contribution is 7.92. The molecule has 1 fully saturated rings. The Hall–Kier alpha value is -6.06. The van der Waals surface area contributed by atoms with Crippen molar-refractivity contribution < 1.29 is 32.3 Å². The Morgan fingerprint density at radius 3 is 2.25 bits per heavy atom. The number of carbonyl (C=O) groups is 3. The molecule has 2 N–H and O–H groups in total. The first-order chi connectivity index (χ1) is 27.0. The summed E-state index contributed by atoms with van der Waals surface area (Å²) in [5, 5.41) is 7.75. The van der Waals surface area contributed by atoms with E-state index < -0.39 is 32.3 Å². The predicted octanol–water partition coefficient (Wildman–Crippen LogP) is 6.73. The highest BCUT2D eigenvalue weighted by Gasteiger charge is 2.26. The lowest BCUT2D eigenvalue weighted by atomic mass is 9.98. The van der Waals surface area contributed by atoms with E-state index in [-0.39, 0.29) is 22.5 Å². The summed E-state index contributed by atoms with van der Waals surface area (Å²) in [4.78, 5) is 41.5. The van der Waals surface area contributed by atoms with E-state index in [1.54, 1.807) is 6.07 Å². The lowest BCUT2D eigenvalue weighted by Crippen LogP contribution is -2.30. The van der Waals surface area contributed by atoms with Crippen LogP contribution in [-0.4, -0.2) is 53.9 Å². The fraction of sp³-hybridized carbons (Fsp3) is 0.244. The van der Waals surface area contributed by atoms with E-state index >= 15 is 0 Å². The topological polar surface area (TPSA) is 163 Å². The largest absolute Gasteiger partial charge is 0.496 e. The van der Waals surface area contributed by atoms with Gasteiger partial charge in [-0.25, -0.2) is 14.2 Å². The number of aryl methyl sites for hydroxylation is 1. The number of hydrogen-bond donors (Lipinski definition) is 2. The predicted molar refractivity (Wildman–Crippen MR) is 212 cm³/mol. The van der Waals surface area contributed by atoms with Gasteiger partial charge >= 0.3 is 6.09 Å². The van der Waals surface area contributed by atoms with E-state index in [0.29, 0.717) is 29.2 Å². The third-order valence-corrected chi connectivity index (χ3v) is 12.3. The van der Waals surface area contributed by atoms with E-state index in [0.717, 1.165) is 63.5 Å². The lowest BCUT2D eigenvalue weighted by molar-refractivity contribution is -0.116. The Balaban J connectivity index is 1.23. The number of carbonyl (C=O) groups excluding carboxylic acids is 3. The van der Waals surface area contributed by atoms with Crippen molar-refractivity contribution in [2.45, 2.75) is 55.5 Å². The van der Waals surface area contributed by atoms with Crippen molar-refractivity contribution in [1.29, 1.82) is 0 Å². The van der Waals surface area contributed by atoms with Crippen molar-refractivity contribution in [2.24, 2.45) is 12.0 Å². The zero-order valence-electron chi connectivity index (χ0n) is 31.0. The molecule has 0 radical (unpaired) electrons. The number of methoxy groups -OCH3 is 1. The molecule has 0 unspecified atom stereocenters. The molecule has 1 aliphatic carbocycles. The van der Waals surface area contributed by atoms with E-state index in [9.17, 15) is 22.8 Å². The Bertz CT molecular complexity index is 2550. The second kappa shape index (κ2) is 16.4. The smallest absolute Gasteiger partial charge is 0.411 e. The lowest BCUT2D eigenvalue weighted by Gasteiger charge is -2.22. The molecule has 0 saturated heterocycles. The van der Waals surface area contributed by atoms with Crippen LogP contribution in [0.3, 0.4) is 0 Å². The first-order valence-electron chi connectivity index (χ1n) is 18.0. The minimum atomic E-state index is -4.39. The fourth-order valence-corrected chi connectivity index (χ4v) is 9.11. The van der Waals surface area contributed by atoms with Crippen molar-refractivity contribution >= 4 is 55.9 Å². The van der Waals surface area contributed by atoms with Crippen LogP contribution in [0.15, 0.2) is 113 Å². The van der Waals surface area contributed by atoms with Crippen LogP contribution in [0.4, 0.5) is 10.5 Å².